The molecule has 0 saturated carbocycles. The molecule has 0 heterocycles. The van der Waals surface area contributed by atoms with Crippen LogP contribution in [0.1, 0.15) is 52.7 Å². The van der Waals surface area contributed by atoms with Crippen molar-refractivity contribution in [2.45, 2.75) is 64.7 Å². The second kappa shape index (κ2) is 15.3. The van der Waals surface area contributed by atoms with E-state index < -0.39 is 16.6 Å². The molecule has 3 nitrogen and oxygen atoms in total. The summed E-state index contributed by atoms with van der Waals surface area (Å²) in [6.07, 6.45) is 0. The summed E-state index contributed by atoms with van der Waals surface area (Å²) >= 11 is 0. The molecule has 0 aromatic heterocycles. The molecule has 6 rings (SSSR count). The van der Waals surface area contributed by atoms with E-state index in [4.69, 9.17) is 8.85 Å². The van der Waals surface area contributed by atoms with Crippen LogP contribution in [0.15, 0.2) is 170 Å². The highest BCUT2D eigenvalue weighted by Gasteiger charge is 2.53. The van der Waals surface area contributed by atoms with E-state index in [1.807, 2.05) is 0 Å². The molecule has 0 fully saturated rings. The van der Waals surface area contributed by atoms with Gasteiger partial charge in [-0.15, -0.1) is 0 Å². The minimum absolute atomic E-state index is 0.0873. The van der Waals surface area contributed by atoms with Gasteiger partial charge in [-0.3, -0.25) is 0 Å². The lowest BCUT2D eigenvalue weighted by molar-refractivity contribution is 0.507. The zero-order valence-corrected chi connectivity index (χ0v) is 32.9. The van der Waals surface area contributed by atoms with Crippen LogP contribution >= 0.6 is 0 Å². The van der Waals surface area contributed by atoms with Crippen molar-refractivity contribution in [2.24, 2.45) is 0 Å². The molecule has 0 aliphatic carbocycles. The molecule has 6 aromatic carbocycles. The van der Waals surface area contributed by atoms with Gasteiger partial charge in [-0.25, -0.2) is 0 Å². The fourth-order valence-electron chi connectivity index (χ4n) is 7.35. The number of rotatable bonds is 12. The molecule has 1 N–H and O–H groups in total. The third kappa shape index (κ3) is 7.66. The van der Waals surface area contributed by atoms with Crippen LogP contribution in [0.3, 0.4) is 0 Å². The Kier molecular flexibility index (Phi) is 10.8. The maximum atomic E-state index is 7.20. The first kappa shape index (κ1) is 36.1. The Balaban J connectivity index is 1.15. The van der Waals surface area contributed by atoms with Crippen LogP contribution in [-0.4, -0.2) is 16.6 Å². The second-order valence-electron chi connectivity index (χ2n) is 15.4. The van der Waals surface area contributed by atoms with Crippen molar-refractivity contribution in [1.82, 2.24) is 5.32 Å². The van der Waals surface area contributed by atoms with Crippen LogP contribution in [0.2, 0.25) is 10.1 Å². The van der Waals surface area contributed by atoms with Gasteiger partial charge in [0, 0.05) is 13.1 Å². The maximum absolute atomic E-state index is 7.20. The summed E-state index contributed by atoms with van der Waals surface area (Å²) in [6.45, 7) is 15.4. The molecular weight excluding hydrogens is 655 g/mol. The van der Waals surface area contributed by atoms with E-state index in [0.29, 0.717) is 0 Å². The molecule has 0 radical (unpaired) electrons. The zero-order chi connectivity index (χ0) is 36.0. The largest absolute Gasteiger partial charge is 0.534 e. The summed E-state index contributed by atoms with van der Waals surface area (Å²) in [4.78, 5) is 0. The van der Waals surface area contributed by atoms with E-state index in [1.54, 1.807) is 0 Å². The molecule has 0 aliphatic rings. The van der Waals surface area contributed by atoms with Gasteiger partial charge in [-0.05, 0) is 66.2 Å². The van der Waals surface area contributed by atoms with Crippen LogP contribution < -0.4 is 34.9 Å². The number of hydrogen-bond donors (Lipinski definition) is 1. The fourth-order valence-corrected chi connectivity index (χ4v) is 16.2. The summed E-state index contributed by atoms with van der Waals surface area (Å²) in [5, 5.41) is 8.57. The molecule has 0 atom stereocenters. The van der Waals surface area contributed by atoms with Crippen LogP contribution in [0.5, 0.6) is 11.5 Å². The van der Waals surface area contributed by atoms with Crippen LogP contribution in [0, 0.1) is 0 Å². The summed E-state index contributed by atoms with van der Waals surface area (Å²) in [7, 11) is -5.34. The first-order valence-corrected chi connectivity index (χ1v) is 21.8. The summed E-state index contributed by atoms with van der Waals surface area (Å²) < 4.78 is 14.4. The zero-order valence-electron chi connectivity index (χ0n) is 30.9. The third-order valence-corrected chi connectivity index (χ3v) is 19.8. The monoisotopic (exact) mass is 705 g/mol. The van der Waals surface area contributed by atoms with E-state index in [0.717, 1.165) is 24.6 Å². The van der Waals surface area contributed by atoms with E-state index >= 15 is 0 Å². The van der Waals surface area contributed by atoms with Crippen molar-refractivity contribution in [1.29, 1.82) is 0 Å². The Labute approximate surface area is 307 Å². The first-order valence-electron chi connectivity index (χ1n) is 18.0. The summed E-state index contributed by atoms with van der Waals surface area (Å²) in [5.74, 6) is 1.81. The lowest BCUT2D eigenvalue weighted by Gasteiger charge is -2.43. The van der Waals surface area contributed by atoms with Gasteiger partial charge in [0.15, 0.2) is 0 Å². The summed E-state index contributed by atoms with van der Waals surface area (Å²) in [5.41, 5.74) is 2.44. The van der Waals surface area contributed by atoms with Gasteiger partial charge in [-0.2, -0.15) is 0 Å². The van der Waals surface area contributed by atoms with Gasteiger partial charge in [0.1, 0.15) is 11.5 Å². The fraction of sp³-hybridized carbons (Fsp3) is 0.217. The van der Waals surface area contributed by atoms with Gasteiger partial charge in [0.05, 0.1) is 0 Å². The Morgan fingerprint density at radius 3 is 0.863 bits per heavy atom. The quantitative estimate of drug-likeness (QED) is 0.129. The van der Waals surface area contributed by atoms with Crippen LogP contribution in [0.4, 0.5) is 0 Å². The van der Waals surface area contributed by atoms with Crippen LogP contribution in [-0.2, 0) is 13.1 Å². The average molecular weight is 706 g/mol. The Hall–Kier alpha value is -4.69. The number of nitrogens with one attached hydrogen (secondary N) is 1. The van der Waals surface area contributed by atoms with Crippen molar-refractivity contribution < 1.29 is 8.85 Å². The maximum Gasteiger partial charge on any atom is 0.319 e. The van der Waals surface area contributed by atoms with Crippen molar-refractivity contribution in [3.05, 3.63) is 181 Å². The van der Waals surface area contributed by atoms with Gasteiger partial charge < -0.3 is 14.2 Å². The van der Waals surface area contributed by atoms with E-state index in [-0.39, 0.29) is 10.1 Å². The summed E-state index contributed by atoms with van der Waals surface area (Å²) in [6, 6.07) is 60.4. The standard InChI is InChI=1S/C46H51NO2Si2/c1-45(2,3)50(41-19-11-7-12-20-41,42-21-13-8-14-22-42)48-39-31-27-37(28-32-39)35-47-36-38-29-33-40(34-30-38)49-51(46(4,5)6,43-23-15-9-16-24-43)44-25-17-10-18-26-44/h7-34,47H,35-36H2,1-6H3. The highest BCUT2D eigenvalue weighted by atomic mass is 28.4. The van der Waals surface area contributed by atoms with Crippen molar-refractivity contribution >= 4 is 37.4 Å². The van der Waals surface area contributed by atoms with Crippen molar-refractivity contribution in [2.75, 3.05) is 0 Å². The Morgan fingerprint density at radius 1 is 0.373 bits per heavy atom. The van der Waals surface area contributed by atoms with Crippen molar-refractivity contribution in [3.8, 4) is 11.5 Å². The molecule has 0 amide bonds. The lowest BCUT2D eigenvalue weighted by atomic mass is 10.2. The van der Waals surface area contributed by atoms with Gasteiger partial charge in [0.2, 0.25) is 0 Å². The third-order valence-electron chi connectivity index (χ3n) is 9.88. The van der Waals surface area contributed by atoms with E-state index in [1.165, 1.54) is 31.9 Å². The topological polar surface area (TPSA) is 30.5 Å². The minimum Gasteiger partial charge on any atom is -0.534 e. The molecule has 0 spiro atoms. The van der Waals surface area contributed by atoms with Gasteiger partial charge >= 0.3 is 16.6 Å². The van der Waals surface area contributed by atoms with Gasteiger partial charge in [-0.1, -0.05) is 187 Å². The molecule has 6 aromatic rings. The second-order valence-corrected chi connectivity index (χ2v) is 23.9. The number of hydrogen-bond acceptors (Lipinski definition) is 3. The molecular formula is C46H51NO2Si2. The molecule has 51 heavy (non-hydrogen) atoms. The van der Waals surface area contributed by atoms with E-state index in [2.05, 4.69) is 217 Å². The highest BCUT2D eigenvalue weighted by Crippen LogP contribution is 2.39. The molecule has 0 saturated heterocycles. The first-order chi connectivity index (χ1) is 24.5. The normalized spacial score (nSPS) is 12.4. The molecule has 5 heteroatoms. The molecule has 0 unspecified atom stereocenters. The number of benzene rings is 6. The molecule has 0 bridgehead atoms. The Bertz CT molecular complexity index is 1730. The van der Waals surface area contributed by atoms with E-state index in [9.17, 15) is 0 Å². The predicted molar refractivity (Wildman–Crippen MR) is 220 cm³/mol. The predicted octanol–water partition coefficient (Wildman–Crippen LogP) is 8.85. The van der Waals surface area contributed by atoms with Crippen LogP contribution in [0.25, 0.3) is 0 Å². The molecule has 260 valence electrons. The average Bonchev–Trinajstić information content (AvgIpc) is 3.14. The lowest BCUT2D eigenvalue weighted by Crippen LogP contribution is -2.68. The van der Waals surface area contributed by atoms with Crippen molar-refractivity contribution in [3.63, 3.8) is 0 Å². The highest BCUT2D eigenvalue weighted by molar-refractivity contribution is 7.00. The Morgan fingerprint density at radius 2 is 0.627 bits per heavy atom. The van der Waals surface area contributed by atoms with Gasteiger partial charge in [0.25, 0.3) is 0 Å². The minimum atomic E-state index is -2.67. The SMILES string of the molecule is CC(C)(C)[Si](Oc1ccc(CNCc2ccc(O[Si](c3ccccc3)(c3ccccc3)C(C)(C)C)cc2)cc1)(c1ccccc1)c1ccccc1. The molecule has 0 aliphatic heterocycles. The smallest absolute Gasteiger partial charge is 0.319 e.